The Balaban J connectivity index is 2.66. The quantitative estimate of drug-likeness (QED) is 0.400. The highest BCUT2D eigenvalue weighted by Crippen LogP contribution is 2.20. The molecule has 1 saturated heterocycles. The zero-order valence-corrected chi connectivity index (χ0v) is 6.58. The second kappa shape index (κ2) is 3.34. The first-order chi connectivity index (χ1) is 5.52. The highest BCUT2D eigenvalue weighted by molar-refractivity contribution is 4.78. The molecule has 12 heavy (non-hydrogen) atoms. The van der Waals surface area contributed by atoms with Crippen molar-refractivity contribution in [2.45, 2.75) is 37.9 Å². The van der Waals surface area contributed by atoms with Crippen molar-refractivity contribution in [2.24, 2.45) is 0 Å². The van der Waals surface area contributed by atoms with E-state index in [-0.39, 0.29) is 6.42 Å². The predicted octanol–water partition coefficient (Wildman–Crippen LogP) is -0.880. The van der Waals surface area contributed by atoms with Crippen LogP contribution in [-0.2, 0) is 4.74 Å². The minimum atomic E-state index is -1.44. The molecule has 0 aromatic rings. The Morgan fingerprint density at radius 3 is 2.67 bits per heavy atom. The second-order valence-corrected chi connectivity index (χ2v) is 2.92. The Labute approximate surface area is 68.9 Å². The van der Waals surface area contributed by atoms with Crippen molar-refractivity contribution in [3.8, 4) is 0 Å². The lowest BCUT2D eigenvalue weighted by Crippen LogP contribution is -2.50. The van der Waals surface area contributed by atoms with E-state index in [1.54, 1.807) is 6.92 Å². The zero-order chi connectivity index (χ0) is 9.30. The van der Waals surface area contributed by atoms with Gasteiger partial charge in [0.15, 0.2) is 12.4 Å². The lowest BCUT2D eigenvalue weighted by atomic mass is 10.0. The Morgan fingerprint density at radius 1 is 1.58 bits per heavy atom. The van der Waals surface area contributed by atoms with E-state index in [4.69, 9.17) is 14.9 Å². The van der Waals surface area contributed by atoms with Gasteiger partial charge in [-0.25, -0.2) is 0 Å². The number of ether oxygens (including phenoxy) is 1. The number of aliphatic hydroxyl groups is 2. The molecule has 1 rings (SSSR count). The molecule has 1 aliphatic heterocycles. The van der Waals surface area contributed by atoms with Crippen molar-refractivity contribution < 1.29 is 19.9 Å². The average Bonchev–Trinajstić information content (AvgIpc) is 1.96. The van der Waals surface area contributed by atoms with Crippen LogP contribution in [0.5, 0.6) is 0 Å². The van der Waals surface area contributed by atoms with E-state index in [0.29, 0.717) is 0 Å². The van der Waals surface area contributed by atoms with Crippen molar-refractivity contribution >= 4 is 0 Å². The lowest BCUT2D eigenvalue weighted by molar-refractivity contribution is -0.550. The molecule has 0 aromatic carbocycles. The summed E-state index contributed by atoms with van der Waals surface area (Å²) in [6.07, 6.45) is -3.12. The van der Waals surface area contributed by atoms with Crippen LogP contribution in [0.1, 0.15) is 13.3 Å². The maximum Gasteiger partial charge on any atom is 0.246 e. The van der Waals surface area contributed by atoms with Gasteiger partial charge in [-0.3, -0.25) is 10.1 Å². The number of hydrogen-bond donors (Lipinski definition) is 2. The Kier molecular flexibility index (Phi) is 2.61. The number of nitrogens with zero attached hydrogens (tertiary/aromatic N) is 1. The number of rotatable bonds is 1. The third-order valence-electron chi connectivity index (χ3n) is 1.90. The highest BCUT2D eigenvalue weighted by atomic mass is 16.6. The lowest BCUT2D eigenvalue weighted by Gasteiger charge is -2.30. The van der Waals surface area contributed by atoms with Gasteiger partial charge in [0, 0.05) is 11.3 Å². The van der Waals surface area contributed by atoms with Crippen LogP contribution in [0.3, 0.4) is 0 Å². The summed E-state index contributed by atoms with van der Waals surface area (Å²) in [6.45, 7) is 1.62. The first-order valence-electron chi connectivity index (χ1n) is 3.67. The van der Waals surface area contributed by atoms with Gasteiger partial charge in [-0.1, -0.05) is 0 Å². The molecule has 0 saturated carbocycles. The highest BCUT2D eigenvalue weighted by Gasteiger charge is 2.42. The predicted molar refractivity (Wildman–Crippen MR) is 38.0 cm³/mol. The molecule has 1 heterocycles. The molecular formula is C6H11NO5. The van der Waals surface area contributed by atoms with Crippen LogP contribution in [0.25, 0.3) is 0 Å². The average molecular weight is 177 g/mol. The van der Waals surface area contributed by atoms with Crippen molar-refractivity contribution in [2.75, 3.05) is 0 Å². The summed E-state index contributed by atoms with van der Waals surface area (Å²) in [5.41, 5.74) is 0. The van der Waals surface area contributed by atoms with E-state index >= 15 is 0 Å². The molecule has 4 atom stereocenters. The van der Waals surface area contributed by atoms with Gasteiger partial charge in [-0.05, 0) is 6.92 Å². The fraction of sp³-hybridized carbons (Fsp3) is 1.00. The summed E-state index contributed by atoms with van der Waals surface area (Å²) < 4.78 is 4.78. The van der Waals surface area contributed by atoms with E-state index < -0.39 is 29.5 Å². The minimum Gasteiger partial charge on any atom is -0.381 e. The first-order valence-corrected chi connectivity index (χ1v) is 3.67. The molecule has 1 aliphatic rings. The molecule has 6 heteroatoms. The van der Waals surface area contributed by atoms with Gasteiger partial charge < -0.3 is 14.9 Å². The van der Waals surface area contributed by atoms with Crippen LogP contribution in [0.4, 0.5) is 0 Å². The van der Waals surface area contributed by atoms with Crippen molar-refractivity contribution in [3.63, 3.8) is 0 Å². The van der Waals surface area contributed by atoms with Crippen LogP contribution in [-0.4, -0.2) is 39.7 Å². The largest absolute Gasteiger partial charge is 0.381 e. The zero-order valence-electron chi connectivity index (χ0n) is 6.58. The molecule has 1 fully saturated rings. The molecule has 0 bridgehead atoms. The van der Waals surface area contributed by atoms with Crippen LogP contribution >= 0.6 is 0 Å². The summed E-state index contributed by atoms with van der Waals surface area (Å²) in [6, 6.07) is -1.12. The summed E-state index contributed by atoms with van der Waals surface area (Å²) in [7, 11) is 0. The van der Waals surface area contributed by atoms with Gasteiger partial charge in [-0.15, -0.1) is 0 Å². The SMILES string of the molecule is C[C@@H]1C[C@H]([N+](=O)[O-])[C@@H](O)[C@@H](O)O1. The van der Waals surface area contributed by atoms with Crippen molar-refractivity contribution in [1.29, 1.82) is 0 Å². The maximum atomic E-state index is 10.3. The van der Waals surface area contributed by atoms with E-state index in [1.807, 2.05) is 0 Å². The van der Waals surface area contributed by atoms with Crippen molar-refractivity contribution in [3.05, 3.63) is 10.1 Å². The molecule has 0 aromatic heterocycles. The van der Waals surface area contributed by atoms with Gasteiger partial charge in [-0.2, -0.15) is 0 Å². The molecule has 0 unspecified atom stereocenters. The van der Waals surface area contributed by atoms with Crippen LogP contribution in [0.2, 0.25) is 0 Å². The fourth-order valence-corrected chi connectivity index (χ4v) is 1.25. The van der Waals surface area contributed by atoms with E-state index in [9.17, 15) is 10.1 Å². The number of nitro groups is 1. The molecule has 0 amide bonds. The smallest absolute Gasteiger partial charge is 0.246 e. The summed E-state index contributed by atoms with van der Waals surface area (Å²) in [5, 5.41) is 28.4. The number of aliphatic hydroxyl groups excluding tert-OH is 2. The van der Waals surface area contributed by atoms with Gasteiger partial charge in [0.25, 0.3) is 0 Å². The Morgan fingerprint density at radius 2 is 2.17 bits per heavy atom. The molecule has 2 N–H and O–H groups in total. The summed E-state index contributed by atoms with van der Waals surface area (Å²) in [4.78, 5) is 9.74. The molecule has 0 radical (unpaired) electrons. The second-order valence-electron chi connectivity index (χ2n) is 2.92. The normalized spacial score (nSPS) is 42.6. The van der Waals surface area contributed by atoms with Crippen molar-refractivity contribution in [1.82, 2.24) is 0 Å². The fourth-order valence-electron chi connectivity index (χ4n) is 1.25. The molecule has 6 nitrogen and oxygen atoms in total. The maximum absolute atomic E-state index is 10.3. The topological polar surface area (TPSA) is 92.8 Å². The van der Waals surface area contributed by atoms with Gasteiger partial charge >= 0.3 is 0 Å². The van der Waals surface area contributed by atoms with E-state index in [1.165, 1.54) is 0 Å². The number of hydrogen-bond acceptors (Lipinski definition) is 5. The van der Waals surface area contributed by atoms with Gasteiger partial charge in [0.2, 0.25) is 6.04 Å². The van der Waals surface area contributed by atoms with Crippen LogP contribution in [0.15, 0.2) is 0 Å². The van der Waals surface area contributed by atoms with Crippen LogP contribution < -0.4 is 0 Å². The minimum absolute atomic E-state index is 0.130. The Bertz CT molecular complexity index is 185. The molecule has 0 spiro atoms. The third-order valence-corrected chi connectivity index (χ3v) is 1.90. The third kappa shape index (κ3) is 1.71. The van der Waals surface area contributed by atoms with E-state index in [2.05, 4.69) is 0 Å². The monoisotopic (exact) mass is 177 g/mol. The summed E-state index contributed by atoms with van der Waals surface area (Å²) >= 11 is 0. The van der Waals surface area contributed by atoms with Gasteiger partial charge in [0.1, 0.15) is 0 Å². The van der Waals surface area contributed by atoms with E-state index in [0.717, 1.165) is 0 Å². The standard InChI is InChI=1S/C6H11NO5/c1-3-2-4(7(10)11)5(8)6(9)12-3/h3-6,8-9H,2H2,1H3/t3-,4+,5-,6+/m1/s1. The Hall–Kier alpha value is -0.720. The molecular weight excluding hydrogens is 166 g/mol. The van der Waals surface area contributed by atoms with Crippen LogP contribution in [0, 0.1) is 10.1 Å². The summed E-state index contributed by atoms with van der Waals surface area (Å²) in [5.74, 6) is 0. The first kappa shape index (κ1) is 9.37. The molecule has 70 valence electrons. The van der Waals surface area contributed by atoms with Gasteiger partial charge in [0.05, 0.1) is 6.10 Å². The molecule has 0 aliphatic carbocycles.